The third-order valence-corrected chi connectivity index (χ3v) is 7.83. The van der Waals surface area contributed by atoms with Gasteiger partial charge in [0.2, 0.25) is 6.79 Å². The third kappa shape index (κ3) is 3.62. The SMILES string of the molecule is CC(C)(C)CNCCN1c2ncnc(N)c2N2C(Sc3cc4c(cc3I)OCO4)C12. The standard InChI is InChI=1S/C20H25IN6O2S/c1-20(2,3)8-23-4-5-26-17-15(16(22)24-9-25-17)27-18(26)19(27)30-14-7-13-12(6-11(14)21)28-10-29-13/h6-7,9,18-19,23H,4-5,8,10H2,1-3H3,(H2,22,24,25). The molecule has 2 atom stereocenters. The summed E-state index contributed by atoms with van der Waals surface area (Å²) in [7, 11) is 0. The number of hydrogen-bond acceptors (Lipinski definition) is 9. The topological polar surface area (TPSA) is 88.5 Å². The quantitative estimate of drug-likeness (QED) is 0.326. The summed E-state index contributed by atoms with van der Waals surface area (Å²) < 4.78 is 12.2. The second-order valence-electron chi connectivity index (χ2n) is 8.83. The van der Waals surface area contributed by atoms with Gasteiger partial charge in [-0.1, -0.05) is 32.5 Å². The van der Waals surface area contributed by atoms with Gasteiger partial charge in [0.25, 0.3) is 0 Å². The molecule has 8 nitrogen and oxygen atoms in total. The summed E-state index contributed by atoms with van der Waals surface area (Å²) >= 11 is 4.18. The van der Waals surface area contributed by atoms with Gasteiger partial charge in [-0.2, -0.15) is 0 Å². The Morgan fingerprint density at radius 1 is 1.27 bits per heavy atom. The van der Waals surface area contributed by atoms with E-state index in [0.717, 1.165) is 46.2 Å². The Balaban J connectivity index is 1.34. The Hall–Kier alpha value is -1.66. The molecule has 1 fully saturated rings. The Morgan fingerprint density at radius 3 is 2.80 bits per heavy atom. The van der Waals surface area contributed by atoms with Crippen molar-refractivity contribution >= 4 is 51.7 Å². The molecule has 10 heteroatoms. The first kappa shape index (κ1) is 20.3. The molecule has 30 heavy (non-hydrogen) atoms. The number of nitrogens with two attached hydrogens (primary N) is 1. The number of nitrogens with zero attached hydrogens (tertiary/aromatic N) is 4. The van der Waals surface area contributed by atoms with E-state index in [1.54, 1.807) is 6.33 Å². The summed E-state index contributed by atoms with van der Waals surface area (Å²) in [6, 6.07) is 4.11. The van der Waals surface area contributed by atoms with Gasteiger partial charge in [0.15, 0.2) is 23.1 Å². The summed E-state index contributed by atoms with van der Waals surface area (Å²) in [5.74, 6) is 3.10. The van der Waals surface area contributed by atoms with Crippen LogP contribution in [0.3, 0.4) is 0 Å². The van der Waals surface area contributed by atoms with Gasteiger partial charge in [-0.3, -0.25) is 0 Å². The van der Waals surface area contributed by atoms with Gasteiger partial charge in [-0.25, -0.2) is 9.97 Å². The maximum Gasteiger partial charge on any atom is 0.231 e. The number of nitrogen functional groups attached to an aromatic ring is 1. The highest BCUT2D eigenvalue weighted by Crippen LogP contribution is 2.57. The first-order valence-corrected chi connectivity index (χ1v) is 11.9. The van der Waals surface area contributed by atoms with E-state index in [4.69, 9.17) is 15.2 Å². The monoisotopic (exact) mass is 540 g/mol. The summed E-state index contributed by atoms with van der Waals surface area (Å²) in [6.45, 7) is 9.74. The molecule has 3 aliphatic heterocycles. The van der Waals surface area contributed by atoms with E-state index in [1.165, 1.54) is 4.90 Å². The largest absolute Gasteiger partial charge is 0.454 e. The average Bonchev–Trinajstić information content (AvgIpc) is 3.01. The molecule has 1 aromatic heterocycles. The smallest absolute Gasteiger partial charge is 0.231 e. The van der Waals surface area contributed by atoms with E-state index in [1.807, 2.05) is 17.8 Å². The van der Waals surface area contributed by atoms with Crippen molar-refractivity contribution in [2.75, 3.05) is 42.0 Å². The minimum absolute atomic E-state index is 0.238. The van der Waals surface area contributed by atoms with Crippen LogP contribution in [0.1, 0.15) is 20.8 Å². The van der Waals surface area contributed by atoms with E-state index >= 15 is 0 Å². The molecular formula is C20H25IN6O2S. The van der Waals surface area contributed by atoms with Gasteiger partial charge in [-0.15, -0.1) is 0 Å². The number of anilines is 3. The molecule has 2 aromatic rings. The highest BCUT2D eigenvalue weighted by molar-refractivity contribution is 14.1. The van der Waals surface area contributed by atoms with Crippen molar-refractivity contribution in [1.29, 1.82) is 0 Å². The Morgan fingerprint density at radius 2 is 2.03 bits per heavy atom. The second-order valence-corrected chi connectivity index (χ2v) is 11.1. The molecule has 0 saturated carbocycles. The van der Waals surface area contributed by atoms with Crippen molar-refractivity contribution in [3.05, 3.63) is 22.0 Å². The van der Waals surface area contributed by atoms with Crippen LogP contribution in [0, 0.1) is 8.99 Å². The fourth-order valence-electron chi connectivity index (χ4n) is 3.86. The van der Waals surface area contributed by atoms with Crippen molar-refractivity contribution in [2.24, 2.45) is 5.41 Å². The number of ether oxygens (including phenoxy) is 2. The summed E-state index contributed by atoms with van der Waals surface area (Å²) in [6.07, 6.45) is 1.79. The lowest BCUT2D eigenvalue weighted by Crippen LogP contribution is -2.37. The predicted molar refractivity (Wildman–Crippen MR) is 127 cm³/mol. The zero-order chi connectivity index (χ0) is 21.0. The van der Waals surface area contributed by atoms with Gasteiger partial charge < -0.3 is 30.3 Å². The van der Waals surface area contributed by atoms with Gasteiger partial charge in [-0.05, 0) is 40.1 Å². The fraction of sp³-hybridized carbons (Fsp3) is 0.500. The Kier molecular flexibility index (Phi) is 5.05. The molecule has 0 bridgehead atoms. The first-order chi connectivity index (χ1) is 14.3. The molecule has 2 unspecified atom stereocenters. The van der Waals surface area contributed by atoms with Crippen molar-refractivity contribution in [3.8, 4) is 11.5 Å². The van der Waals surface area contributed by atoms with Crippen LogP contribution in [0.2, 0.25) is 0 Å². The molecule has 1 aromatic carbocycles. The molecule has 1 saturated heterocycles. The number of rotatable bonds is 6. The van der Waals surface area contributed by atoms with Gasteiger partial charge >= 0.3 is 0 Å². The number of hydrogen-bond donors (Lipinski definition) is 2. The second kappa shape index (κ2) is 7.49. The zero-order valence-corrected chi connectivity index (χ0v) is 20.2. The summed E-state index contributed by atoms with van der Waals surface area (Å²) in [5.41, 5.74) is 7.45. The molecule has 160 valence electrons. The van der Waals surface area contributed by atoms with E-state index in [2.05, 4.69) is 74.5 Å². The van der Waals surface area contributed by atoms with Crippen LogP contribution in [-0.4, -0.2) is 47.9 Å². The number of aromatic nitrogens is 2. The van der Waals surface area contributed by atoms with E-state index in [0.29, 0.717) is 5.82 Å². The van der Waals surface area contributed by atoms with Crippen LogP contribution in [0.15, 0.2) is 23.4 Å². The van der Waals surface area contributed by atoms with Crippen LogP contribution in [-0.2, 0) is 0 Å². The molecule has 0 aliphatic carbocycles. The van der Waals surface area contributed by atoms with Crippen molar-refractivity contribution in [3.63, 3.8) is 0 Å². The van der Waals surface area contributed by atoms with Crippen LogP contribution in [0.4, 0.5) is 17.3 Å². The lowest BCUT2D eigenvalue weighted by atomic mass is 9.97. The summed E-state index contributed by atoms with van der Waals surface area (Å²) in [4.78, 5) is 14.6. The molecule has 0 amide bonds. The zero-order valence-electron chi connectivity index (χ0n) is 17.2. The molecule has 3 N–H and O–H groups in total. The predicted octanol–water partition coefficient (Wildman–Crippen LogP) is 3.11. The van der Waals surface area contributed by atoms with Crippen LogP contribution >= 0.6 is 34.4 Å². The fourth-order valence-corrected chi connectivity index (χ4v) is 5.96. The highest BCUT2D eigenvalue weighted by atomic mass is 127. The van der Waals surface area contributed by atoms with Gasteiger partial charge in [0.05, 0.1) is 0 Å². The van der Waals surface area contributed by atoms with Crippen LogP contribution < -0.4 is 30.3 Å². The minimum Gasteiger partial charge on any atom is -0.454 e. The normalized spacial score (nSPS) is 21.1. The van der Waals surface area contributed by atoms with Crippen LogP contribution in [0.25, 0.3) is 0 Å². The van der Waals surface area contributed by atoms with E-state index in [9.17, 15) is 0 Å². The first-order valence-electron chi connectivity index (χ1n) is 9.95. The average molecular weight is 540 g/mol. The van der Waals surface area contributed by atoms with Gasteiger partial charge in [0.1, 0.15) is 23.6 Å². The summed E-state index contributed by atoms with van der Waals surface area (Å²) in [5, 5.41) is 3.83. The molecule has 0 radical (unpaired) electrons. The number of fused-ring (bicyclic) bond motifs is 4. The van der Waals surface area contributed by atoms with Crippen LogP contribution in [0.5, 0.6) is 11.5 Å². The molecular weight excluding hydrogens is 515 g/mol. The maximum absolute atomic E-state index is 6.24. The highest BCUT2D eigenvalue weighted by Gasteiger charge is 2.60. The molecule has 3 aliphatic rings. The maximum atomic E-state index is 6.24. The Bertz CT molecular complexity index is 984. The third-order valence-electron chi connectivity index (χ3n) is 5.26. The van der Waals surface area contributed by atoms with E-state index in [-0.39, 0.29) is 23.7 Å². The number of benzene rings is 1. The molecule has 0 spiro atoms. The number of thioether (sulfide) groups is 1. The van der Waals surface area contributed by atoms with Crippen molar-refractivity contribution in [1.82, 2.24) is 15.3 Å². The lowest BCUT2D eigenvalue weighted by molar-refractivity contribution is 0.174. The van der Waals surface area contributed by atoms with Gasteiger partial charge in [0, 0.05) is 28.1 Å². The minimum atomic E-state index is 0.238. The van der Waals surface area contributed by atoms with Crippen molar-refractivity contribution in [2.45, 2.75) is 37.2 Å². The number of halogens is 1. The molecule has 5 rings (SSSR count). The lowest BCUT2D eigenvalue weighted by Gasteiger charge is -2.23. The number of nitrogens with one attached hydrogen (secondary N) is 1. The molecule has 4 heterocycles. The van der Waals surface area contributed by atoms with Crippen molar-refractivity contribution < 1.29 is 9.47 Å². The Labute approximate surface area is 194 Å². The van der Waals surface area contributed by atoms with E-state index < -0.39 is 0 Å².